The van der Waals surface area contributed by atoms with Gasteiger partial charge in [-0.3, -0.25) is 4.99 Å². The number of sulfonamides is 1. The predicted molar refractivity (Wildman–Crippen MR) is 90.8 cm³/mol. The zero-order valence-electron chi connectivity index (χ0n) is 13.5. The molecular formula is C16H24N4O2S. The monoisotopic (exact) mass is 336 g/mol. The molecule has 3 rings (SSSR count). The van der Waals surface area contributed by atoms with Gasteiger partial charge in [-0.25, -0.2) is 8.42 Å². The third-order valence-electron chi connectivity index (χ3n) is 4.26. The van der Waals surface area contributed by atoms with Gasteiger partial charge < -0.3 is 10.6 Å². The van der Waals surface area contributed by atoms with E-state index in [9.17, 15) is 8.42 Å². The minimum Gasteiger partial charge on any atom is -0.352 e. The van der Waals surface area contributed by atoms with Gasteiger partial charge in [-0.2, -0.15) is 4.31 Å². The molecule has 2 aliphatic rings. The number of rotatable bonds is 4. The fourth-order valence-electron chi connectivity index (χ4n) is 2.98. The molecular weight excluding hydrogens is 312 g/mol. The van der Waals surface area contributed by atoms with Gasteiger partial charge in [-0.1, -0.05) is 24.6 Å². The first-order valence-corrected chi connectivity index (χ1v) is 9.64. The summed E-state index contributed by atoms with van der Waals surface area (Å²) in [4.78, 5) is 4.75. The van der Waals surface area contributed by atoms with Crippen LogP contribution >= 0.6 is 0 Å². The van der Waals surface area contributed by atoms with E-state index in [0.29, 0.717) is 30.6 Å². The molecule has 2 heterocycles. The lowest BCUT2D eigenvalue weighted by atomic mass is 10.2. The maximum atomic E-state index is 12.9. The summed E-state index contributed by atoms with van der Waals surface area (Å²) in [5.74, 6) is 0.739. The average molecular weight is 336 g/mol. The largest absolute Gasteiger partial charge is 0.352 e. The highest BCUT2D eigenvalue weighted by atomic mass is 32.2. The molecule has 126 valence electrons. The van der Waals surface area contributed by atoms with Crippen molar-refractivity contribution in [3.8, 4) is 0 Å². The summed E-state index contributed by atoms with van der Waals surface area (Å²) < 4.78 is 27.4. The van der Waals surface area contributed by atoms with Gasteiger partial charge in [0.2, 0.25) is 10.0 Å². The Kier molecular flexibility index (Phi) is 4.87. The number of hydrogen-bond donors (Lipinski definition) is 2. The van der Waals surface area contributed by atoms with Gasteiger partial charge in [0.15, 0.2) is 5.96 Å². The van der Waals surface area contributed by atoms with Crippen molar-refractivity contribution in [1.29, 1.82) is 0 Å². The van der Waals surface area contributed by atoms with Crippen molar-refractivity contribution in [1.82, 2.24) is 14.9 Å². The first-order valence-electron chi connectivity index (χ1n) is 8.20. The Labute approximate surface area is 138 Å². The molecule has 0 amide bonds. The number of nitrogens with one attached hydrogen (secondary N) is 2. The van der Waals surface area contributed by atoms with Crippen LogP contribution in [-0.4, -0.2) is 44.4 Å². The number of aliphatic imine (C=N–C) groups is 1. The average Bonchev–Trinajstić information content (AvgIpc) is 2.99. The summed E-state index contributed by atoms with van der Waals surface area (Å²) in [5.41, 5.74) is 0.780. The lowest BCUT2D eigenvalue weighted by Crippen LogP contribution is -2.38. The number of guanidine groups is 1. The van der Waals surface area contributed by atoms with E-state index in [1.807, 2.05) is 12.1 Å². The number of piperidine rings is 1. The van der Waals surface area contributed by atoms with Crippen LogP contribution < -0.4 is 10.6 Å². The topological polar surface area (TPSA) is 73.8 Å². The molecule has 6 nitrogen and oxygen atoms in total. The van der Waals surface area contributed by atoms with E-state index in [-0.39, 0.29) is 0 Å². The quantitative estimate of drug-likeness (QED) is 0.869. The van der Waals surface area contributed by atoms with Crippen molar-refractivity contribution >= 4 is 16.0 Å². The predicted octanol–water partition coefficient (Wildman–Crippen LogP) is 1.30. The molecule has 23 heavy (non-hydrogen) atoms. The Morgan fingerprint density at radius 1 is 1.26 bits per heavy atom. The van der Waals surface area contributed by atoms with Gasteiger partial charge in [0.05, 0.1) is 11.4 Å². The standard InChI is InChI=1S/C16H24N4O2S/c1-13-11-17-16(19-13)18-12-14-7-3-4-8-15(14)23(21,22)20-9-5-2-6-10-20/h3-4,7-8,13H,2,5-6,9-12H2,1H3,(H2,17,18,19). The molecule has 1 unspecified atom stereocenters. The molecule has 0 saturated carbocycles. The van der Waals surface area contributed by atoms with Gasteiger partial charge in [-0.05, 0) is 31.4 Å². The fourth-order valence-corrected chi connectivity index (χ4v) is 4.72. The van der Waals surface area contributed by atoms with Crippen LogP contribution in [0.25, 0.3) is 0 Å². The second-order valence-corrected chi connectivity index (χ2v) is 8.07. The number of benzene rings is 1. The highest BCUT2D eigenvalue weighted by Gasteiger charge is 2.27. The summed E-state index contributed by atoms with van der Waals surface area (Å²) in [6.07, 6.45) is 3.00. The Hall–Kier alpha value is -1.60. The normalized spacial score (nSPS) is 22.5. The van der Waals surface area contributed by atoms with E-state index in [1.54, 1.807) is 16.4 Å². The molecule has 0 radical (unpaired) electrons. The summed E-state index contributed by atoms with van der Waals surface area (Å²) in [6, 6.07) is 7.55. The fraction of sp³-hybridized carbons (Fsp3) is 0.562. The zero-order valence-corrected chi connectivity index (χ0v) is 14.3. The second-order valence-electron chi connectivity index (χ2n) is 6.16. The smallest absolute Gasteiger partial charge is 0.243 e. The molecule has 0 aromatic heterocycles. The molecule has 1 aromatic rings. The summed E-state index contributed by atoms with van der Waals surface area (Å²) in [6.45, 7) is 4.50. The number of hydrogen-bond acceptors (Lipinski definition) is 5. The van der Waals surface area contributed by atoms with Crippen LogP contribution in [0.3, 0.4) is 0 Å². The van der Waals surface area contributed by atoms with E-state index in [0.717, 1.165) is 37.3 Å². The molecule has 2 N–H and O–H groups in total. The van der Waals surface area contributed by atoms with Crippen molar-refractivity contribution in [3.63, 3.8) is 0 Å². The van der Waals surface area contributed by atoms with Gasteiger partial charge >= 0.3 is 0 Å². The molecule has 2 aliphatic heterocycles. The van der Waals surface area contributed by atoms with Crippen LogP contribution in [0, 0.1) is 0 Å². The molecule has 0 bridgehead atoms. The SMILES string of the molecule is CC1CN=C(NCc2ccccc2S(=O)(=O)N2CCCCC2)N1. The second kappa shape index (κ2) is 6.88. The van der Waals surface area contributed by atoms with Crippen molar-refractivity contribution in [3.05, 3.63) is 29.8 Å². The van der Waals surface area contributed by atoms with Crippen LogP contribution in [0.4, 0.5) is 0 Å². The number of nitrogens with zero attached hydrogens (tertiary/aromatic N) is 2. The molecule has 1 fully saturated rings. The van der Waals surface area contributed by atoms with E-state index >= 15 is 0 Å². The molecule has 0 aliphatic carbocycles. The van der Waals surface area contributed by atoms with Crippen LogP contribution in [0.2, 0.25) is 0 Å². The van der Waals surface area contributed by atoms with Gasteiger partial charge in [0, 0.05) is 25.7 Å². The molecule has 1 atom stereocenters. The minimum atomic E-state index is -3.42. The minimum absolute atomic E-state index is 0.324. The first kappa shape index (κ1) is 16.3. The van der Waals surface area contributed by atoms with E-state index in [2.05, 4.69) is 22.5 Å². The van der Waals surface area contributed by atoms with Crippen molar-refractivity contribution < 1.29 is 8.42 Å². The van der Waals surface area contributed by atoms with Crippen LogP contribution in [0.15, 0.2) is 34.2 Å². The molecule has 1 saturated heterocycles. The van der Waals surface area contributed by atoms with Gasteiger partial charge in [0.1, 0.15) is 0 Å². The Bertz CT molecular complexity index is 681. The van der Waals surface area contributed by atoms with Crippen molar-refractivity contribution in [2.45, 2.75) is 43.7 Å². The lowest BCUT2D eigenvalue weighted by Gasteiger charge is -2.27. The van der Waals surface area contributed by atoms with E-state index < -0.39 is 10.0 Å². The summed E-state index contributed by atoms with van der Waals surface area (Å²) in [7, 11) is -3.42. The van der Waals surface area contributed by atoms with Crippen LogP contribution in [0.1, 0.15) is 31.7 Å². The zero-order chi connectivity index (χ0) is 16.3. The van der Waals surface area contributed by atoms with E-state index in [1.165, 1.54) is 0 Å². The summed E-state index contributed by atoms with van der Waals surface area (Å²) in [5, 5.41) is 6.42. The maximum Gasteiger partial charge on any atom is 0.243 e. The first-order chi connectivity index (χ1) is 11.1. The molecule has 1 aromatic carbocycles. The highest BCUT2D eigenvalue weighted by Crippen LogP contribution is 2.23. The van der Waals surface area contributed by atoms with E-state index in [4.69, 9.17) is 0 Å². The third kappa shape index (κ3) is 3.67. The van der Waals surface area contributed by atoms with Crippen molar-refractivity contribution in [2.24, 2.45) is 4.99 Å². The molecule has 0 spiro atoms. The molecule has 7 heteroatoms. The van der Waals surface area contributed by atoms with Gasteiger partial charge in [0.25, 0.3) is 0 Å². The Balaban J connectivity index is 1.77. The Morgan fingerprint density at radius 3 is 2.70 bits per heavy atom. The maximum absolute atomic E-state index is 12.9. The van der Waals surface area contributed by atoms with Crippen LogP contribution in [0.5, 0.6) is 0 Å². The lowest BCUT2D eigenvalue weighted by molar-refractivity contribution is 0.346. The van der Waals surface area contributed by atoms with Crippen LogP contribution in [-0.2, 0) is 16.6 Å². The van der Waals surface area contributed by atoms with Crippen molar-refractivity contribution in [2.75, 3.05) is 19.6 Å². The summed E-state index contributed by atoms with van der Waals surface area (Å²) >= 11 is 0. The van der Waals surface area contributed by atoms with Gasteiger partial charge in [-0.15, -0.1) is 0 Å². The third-order valence-corrected chi connectivity index (χ3v) is 6.26. The Morgan fingerprint density at radius 2 is 2.00 bits per heavy atom. The highest BCUT2D eigenvalue weighted by molar-refractivity contribution is 7.89.